The third-order valence-corrected chi connectivity index (χ3v) is 3.14. The maximum Gasteiger partial charge on any atom is 0.160 e. The van der Waals surface area contributed by atoms with E-state index in [4.69, 9.17) is 19.4 Å². The number of rotatable bonds is 2. The van der Waals surface area contributed by atoms with Gasteiger partial charge in [0.25, 0.3) is 0 Å². The smallest absolute Gasteiger partial charge is 0.160 e. The van der Waals surface area contributed by atoms with Crippen LogP contribution in [0.15, 0.2) is 30.5 Å². The number of aromatic nitrogens is 5. The number of fused-ring (bicyclic) bond motifs is 1. The zero-order chi connectivity index (χ0) is 13.4. The van der Waals surface area contributed by atoms with Crippen LogP contribution < -0.4 is 5.46 Å². The van der Waals surface area contributed by atoms with Crippen molar-refractivity contribution in [1.29, 1.82) is 0 Å². The van der Waals surface area contributed by atoms with E-state index in [1.54, 1.807) is 18.3 Å². The number of pyridine rings is 1. The molecule has 5 nitrogen and oxygen atoms in total. The van der Waals surface area contributed by atoms with Crippen molar-refractivity contribution in [3.8, 4) is 0 Å². The van der Waals surface area contributed by atoms with Crippen molar-refractivity contribution in [3.05, 3.63) is 47.1 Å². The average Bonchev–Trinajstić information content (AvgIpc) is 2.81. The average molecular weight is 270 g/mol. The molecule has 0 saturated heterocycles. The van der Waals surface area contributed by atoms with Crippen LogP contribution in [0.5, 0.6) is 0 Å². The van der Waals surface area contributed by atoms with E-state index in [-0.39, 0.29) is 5.92 Å². The topological polar surface area (TPSA) is 56.0 Å². The summed E-state index contributed by atoms with van der Waals surface area (Å²) >= 11 is 5.73. The molecule has 7 heteroatoms. The van der Waals surface area contributed by atoms with E-state index in [9.17, 15) is 0 Å². The van der Waals surface area contributed by atoms with Gasteiger partial charge in [-0.05, 0) is 25.1 Å². The Kier molecular flexibility index (Phi) is 2.95. The van der Waals surface area contributed by atoms with Gasteiger partial charge in [-0.3, -0.25) is 4.40 Å². The van der Waals surface area contributed by atoms with Crippen LogP contribution in [-0.2, 0) is 0 Å². The van der Waals surface area contributed by atoms with Crippen molar-refractivity contribution in [1.82, 2.24) is 24.8 Å². The van der Waals surface area contributed by atoms with Crippen molar-refractivity contribution in [2.24, 2.45) is 0 Å². The molecule has 2 radical (unpaired) electrons. The predicted molar refractivity (Wildman–Crippen MR) is 72.9 cm³/mol. The molecule has 0 aliphatic heterocycles. The molecule has 92 valence electrons. The molecule has 3 rings (SSSR count). The largest absolute Gasteiger partial charge is 0.286 e. The number of hydrogen-bond acceptors (Lipinski definition) is 4. The molecule has 0 aliphatic carbocycles. The summed E-state index contributed by atoms with van der Waals surface area (Å²) in [5.41, 5.74) is 2.18. The van der Waals surface area contributed by atoms with Gasteiger partial charge in [-0.15, -0.1) is 15.3 Å². The summed E-state index contributed by atoms with van der Waals surface area (Å²) in [6.45, 7) is 1.98. The molecule has 19 heavy (non-hydrogen) atoms. The lowest BCUT2D eigenvalue weighted by Crippen LogP contribution is -2.09. The van der Waals surface area contributed by atoms with Gasteiger partial charge >= 0.3 is 0 Å². The molecule has 0 saturated carbocycles. The van der Waals surface area contributed by atoms with Crippen molar-refractivity contribution < 1.29 is 0 Å². The van der Waals surface area contributed by atoms with Crippen LogP contribution in [0.25, 0.3) is 5.65 Å². The second-order valence-electron chi connectivity index (χ2n) is 4.25. The molecule has 0 bridgehead atoms. The third-order valence-electron chi connectivity index (χ3n) is 2.94. The Balaban J connectivity index is 2.08. The van der Waals surface area contributed by atoms with Gasteiger partial charge in [-0.1, -0.05) is 23.1 Å². The predicted octanol–water partition coefficient (Wildman–Crippen LogP) is 1.12. The molecule has 1 unspecified atom stereocenters. The first-order valence-corrected chi connectivity index (χ1v) is 6.12. The highest BCUT2D eigenvalue weighted by atomic mass is 35.5. The Bertz CT molecular complexity index is 725. The first kappa shape index (κ1) is 12.1. The minimum atomic E-state index is -0.0541. The molecular formula is C12H9BClN5. The molecule has 0 N–H and O–H groups in total. The van der Waals surface area contributed by atoms with Gasteiger partial charge in [0.15, 0.2) is 10.8 Å². The molecule has 0 spiro atoms. The summed E-state index contributed by atoms with van der Waals surface area (Å²) in [4.78, 5) is 0. The fourth-order valence-corrected chi connectivity index (χ4v) is 2.01. The zero-order valence-electron chi connectivity index (χ0n) is 10.2. The lowest BCUT2D eigenvalue weighted by atomic mass is 9.99. The highest BCUT2D eigenvalue weighted by Crippen LogP contribution is 2.21. The van der Waals surface area contributed by atoms with Gasteiger partial charge in [0.2, 0.25) is 0 Å². The fourth-order valence-electron chi connectivity index (χ4n) is 1.91. The highest BCUT2D eigenvalue weighted by Gasteiger charge is 2.17. The van der Waals surface area contributed by atoms with Gasteiger partial charge in [0, 0.05) is 6.20 Å². The van der Waals surface area contributed by atoms with Crippen molar-refractivity contribution in [2.45, 2.75) is 12.8 Å². The Morgan fingerprint density at radius 3 is 2.68 bits per heavy atom. The fraction of sp³-hybridized carbons (Fsp3) is 0.167. The number of hydrogen-bond donors (Lipinski definition) is 0. The Hall–Kier alpha value is -1.95. The van der Waals surface area contributed by atoms with Gasteiger partial charge < -0.3 is 0 Å². The first-order valence-electron chi connectivity index (χ1n) is 5.74. The maximum absolute atomic E-state index is 5.79. The Morgan fingerprint density at radius 2 is 1.95 bits per heavy atom. The van der Waals surface area contributed by atoms with E-state index in [2.05, 4.69) is 20.4 Å². The van der Waals surface area contributed by atoms with E-state index < -0.39 is 0 Å². The van der Waals surface area contributed by atoms with E-state index in [1.165, 1.54) is 0 Å². The van der Waals surface area contributed by atoms with Crippen molar-refractivity contribution in [2.75, 3.05) is 0 Å². The monoisotopic (exact) mass is 269 g/mol. The standard InChI is InChI=1S/C12H9BClN5/c1-7(9-3-4-10(14)16-15-9)12-18-17-11-5-2-8(13)6-19(11)12/h2-7H,1H3. The number of nitrogens with zero attached hydrogens (tertiary/aromatic N) is 5. The molecule has 0 fully saturated rings. The lowest BCUT2D eigenvalue weighted by molar-refractivity contribution is 0.750. The summed E-state index contributed by atoms with van der Waals surface area (Å²) in [6, 6.07) is 7.15. The first-order chi connectivity index (χ1) is 9.15. The lowest BCUT2D eigenvalue weighted by Gasteiger charge is -2.08. The van der Waals surface area contributed by atoms with Crippen LogP contribution in [0.1, 0.15) is 24.4 Å². The Morgan fingerprint density at radius 1 is 1.11 bits per heavy atom. The highest BCUT2D eigenvalue weighted by molar-refractivity contribution is 6.32. The minimum Gasteiger partial charge on any atom is -0.286 e. The number of halogens is 1. The molecule has 1 atom stereocenters. The summed E-state index contributed by atoms with van der Waals surface area (Å²) in [5, 5.41) is 16.6. The molecule has 0 aliphatic rings. The van der Waals surface area contributed by atoms with Crippen LogP contribution >= 0.6 is 11.6 Å². The summed E-state index contributed by atoms with van der Waals surface area (Å²) in [5.74, 6) is 0.709. The van der Waals surface area contributed by atoms with Crippen LogP contribution in [0.3, 0.4) is 0 Å². The van der Waals surface area contributed by atoms with Crippen LogP contribution in [0, 0.1) is 0 Å². The SMILES string of the molecule is [B]c1ccc2nnc(C(C)c3ccc(Cl)nn3)n2c1. The van der Waals surface area contributed by atoms with Gasteiger partial charge in [-0.25, -0.2) is 0 Å². The maximum atomic E-state index is 5.79. The van der Waals surface area contributed by atoms with E-state index in [0.29, 0.717) is 10.6 Å². The molecule has 3 heterocycles. The molecule has 0 aromatic carbocycles. The summed E-state index contributed by atoms with van der Waals surface area (Å²) < 4.78 is 1.86. The second kappa shape index (κ2) is 4.62. The quantitative estimate of drug-likeness (QED) is 0.654. The molecule has 3 aromatic heterocycles. The van der Waals surface area contributed by atoms with E-state index in [0.717, 1.165) is 17.2 Å². The summed E-state index contributed by atoms with van der Waals surface area (Å²) in [6.07, 6.45) is 1.80. The van der Waals surface area contributed by atoms with Crippen molar-refractivity contribution >= 4 is 30.6 Å². The second-order valence-corrected chi connectivity index (χ2v) is 4.64. The van der Waals surface area contributed by atoms with Gasteiger partial charge in [0.1, 0.15) is 13.7 Å². The van der Waals surface area contributed by atoms with Gasteiger partial charge in [0.05, 0.1) is 11.6 Å². The normalized spacial score (nSPS) is 12.7. The molecule has 3 aromatic rings. The third kappa shape index (κ3) is 2.19. The minimum absolute atomic E-state index is 0.0541. The van der Waals surface area contributed by atoms with Gasteiger partial charge in [-0.2, -0.15) is 5.10 Å². The van der Waals surface area contributed by atoms with Crippen molar-refractivity contribution in [3.63, 3.8) is 0 Å². The zero-order valence-corrected chi connectivity index (χ0v) is 10.9. The van der Waals surface area contributed by atoms with Crippen LogP contribution in [0.4, 0.5) is 0 Å². The van der Waals surface area contributed by atoms with E-state index >= 15 is 0 Å². The Labute approximate surface area is 116 Å². The van der Waals surface area contributed by atoms with E-state index in [1.807, 2.05) is 23.5 Å². The molecule has 0 amide bonds. The van der Waals surface area contributed by atoms with Crippen LogP contribution in [0.2, 0.25) is 5.15 Å². The summed E-state index contributed by atoms with van der Waals surface area (Å²) in [7, 11) is 5.79. The van der Waals surface area contributed by atoms with Crippen LogP contribution in [-0.4, -0.2) is 32.6 Å². The molecular weight excluding hydrogens is 260 g/mol.